The van der Waals surface area contributed by atoms with Gasteiger partial charge < -0.3 is 15.4 Å². The van der Waals surface area contributed by atoms with Crippen molar-refractivity contribution < 1.29 is 9.53 Å². The number of ether oxygens (including phenoxy) is 1. The summed E-state index contributed by atoms with van der Waals surface area (Å²) in [4.78, 5) is 18.5. The monoisotopic (exact) mass is 311 g/mol. The van der Waals surface area contributed by atoms with Crippen molar-refractivity contribution in [2.45, 2.75) is 31.8 Å². The van der Waals surface area contributed by atoms with Gasteiger partial charge in [0.05, 0.1) is 6.20 Å². The molecule has 2 unspecified atom stereocenters. The van der Waals surface area contributed by atoms with Gasteiger partial charge in [-0.1, -0.05) is 0 Å². The zero-order valence-electron chi connectivity index (χ0n) is 13.2. The van der Waals surface area contributed by atoms with Gasteiger partial charge in [0.1, 0.15) is 11.5 Å². The first-order chi connectivity index (χ1) is 11.1. The van der Waals surface area contributed by atoms with E-state index in [4.69, 9.17) is 10.5 Å². The molecule has 1 saturated heterocycles. The van der Waals surface area contributed by atoms with E-state index in [0.29, 0.717) is 17.1 Å². The van der Waals surface area contributed by atoms with Gasteiger partial charge in [0.25, 0.3) is 5.91 Å². The Morgan fingerprint density at radius 1 is 1.26 bits per heavy atom. The lowest BCUT2D eigenvalue weighted by Crippen LogP contribution is -2.48. The minimum atomic E-state index is 0.0531. The largest absolute Gasteiger partial charge is 0.456 e. The summed E-state index contributed by atoms with van der Waals surface area (Å²) in [5, 5.41) is 0. The Kier molecular flexibility index (Phi) is 4.57. The van der Waals surface area contributed by atoms with Crippen LogP contribution in [0.2, 0.25) is 0 Å². The van der Waals surface area contributed by atoms with Crippen molar-refractivity contribution in [3.05, 3.63) is 54.4 Å². The zero-order valence-corrected chi connectivity index (χ0v) is 13.2. The van der Waals surface area contributed by atoms with Crippen LogP contribution >= 0.6 is 0 Å². The summed E-state index contributed by atoms with van der Waals surface area (Å²) in [5.41, 5.74) is 6.63. The molecule has 3 rings (SSSR count). The molecule has 2 heterocycles. The average Bonchev–Trinajstić information content (AvgIpc) is 2.56. The molecule has 0 spiro atoms. The van der Waals surface area contributed by atoms with Crippen molar-refractivity contribution in [1.82, 2.24) is 9.88 Å². The molecule has 1 aromatic heterocycles. The van der Waals surface area contributed by atoms with E-state index in [9.17, 15) is 4.79 Å². The third kappa shape index (κ3) is 3.68. The molecule has 1 fully saturated rings. The fourth-order valence-electron chi connectivity index (χ4n) is 2.89. The second-order valence-corrected chi connectivity index (χ2v) is 5.95. The van der Waals surface area contributed by atoms with Crippen molar-refractivity contribution in [1.29, 1.82) is 0 Å². The van der Waals surface area contributed by atoms with Crippen LogP contribution in [0.25, 0.3) is 0 Å². The average molecular weight is 311 g/mol. The fourth-order valence-corrected chi connectivity index (χ4v) is 2.89. The summed E-state index contributed by atoms with van der Waals surface area (Å²) in [6, 6.07) is 11.2. The lowest BCUT2D eigenvalue weighted by atomic mass is 9.98. The predicted octanol–water partition coefficient (Wildman–Crippen LogP) is 2.83. The first kappa shape index (κ1) is 15.5. The molecule has 23 heavy (non-hydrogen) atoms. The Morgan fingerprint density at radius 2 is 2.04 bits per heavy atom. The SMILES string of the molecule is CC1CC(N)CCN1C(=O)c1ccc(Oc2cccnc2)cc1. The van der Waals surface area contributed by atoms with Crippen LogP contribution in [0.1, 0.15) is 30.1 Å². The molecule has 1 amide bonds. The Bertz CT molecular complexity index is 658. The van der Waals surface area contributed by atoms with Gasteiger partial charge in [0.2, 0.25) is 0 Å². The van der Waals surface area contributed by atoms with Crippen molar-refractivity contribution >= 4 is 5.91 Å². The molecule has 2 atom stereocenters. The van der Waals surface area contributed by atoms with E-state index >= 15 is 0 Å². The Labute approximate surface area is 136 Å². The van der Waals surface area contributed by atoms with Crippen LogP contribution in [0.4, 0.5) is 0 Å². The molecule has 0 saturated carbocycles. The molecule has 1 aromatic carbocycles. The lowest BCUT2D eigenvalue weighted by Gasteiger charge is -2.36. The third-order valence-electron chi connectivity index (χ3n) is 4.15. The molecule has 5 heteroatoms. The minimum absolute atomic E-state index is 0.0531. The van der Waals surface area contributed by atoms with Crippen LogP contribution < -0.4 is 10.5 Å². The molecule has 1 aliphatic heterocycles. The van der Waals surface area contributed by atoms with E-state index in [1.165, 1.54) is 0 Å². The van der Waals surface area contributed by atoms with Gasteiger partial charge in [-0.3, -0.25) is 9.78 Å². The van der Waals surface area contributed by atoms with Crippen molar-refractivity contribution in [2.24, 2.45) is 5.73 Å². The Hall–Kier alpha value is -2.40. The van der Waals surface area contributed by atoms with E-state index in [0.717, 1.165) is 19.4 Å². The lowest BCUT2D eigenvalue weighted by molar-refractivity contribution is 0.0619. The maximum atomic E-state index is 12.6. The van der Waals surface area contributed by atoms with Gasteiger partial charge in [-0.25, -0.2) is 0 Å². The maximum Gasteiger partial charge on any atom is 0.254 e. The van der Waals surface area contributed by atoms with Crippen molar-refractivity contribution in [3.8, 4) is 11.5 Å². The Morgan fingerprint density at radius 3 is 2.70 bits per heavy atom. The van der Waals surface area contributed by atoms with E-state index in [-0.39, 0.29) is 18.0 Å². The van der Waals surface area contributed by atoms with E-state index < -0.39 is 0 Å². The zero-order chi connectivity index (χ0) is 16.2. The van der Waals surface area contributed by atoms with Crippen LogP contribution in [-0.2, 0) is 0 Å². The van der Waals surface area contributed by atoms with E-state index in [1.54, 1.807) is 36.7 Å². The number of hydrogen-bond acceptors (Lipinski definition) is 4. The molecule has 2 N–H and O–H groups in total. The number of pyridine rings is 1. The second kappa shape index (κ2) is 6.79. The summed E-state index contributed by atoms with van der Waals surface area (Å²) >= 11 is 0. The highest BCUT2D eigenvalue weighted by atomic mass is 16.5. The fraction of sp³-hybridized carbons (Fsp3) is 0.333. The molecule has 0 aliphatic carbocycles. The number of amides is 1. The predicted molar refractivity (Wildman–Crippen MR) is 88.5 cm³/mol. The van der Waals surface area contributed by atoms with Crippen LogP contribution in [-0.4, -0.2) is 34.4 Å². The molecule has 120 valence electrons. The van der Waals surface area contributed by atoms with Gasteiger partial charge in [0.15, 0.2) is 0 Å². The second-order valence-electron chi connectivity index (χ2n) is 5.95. The topological polar surface area (TPSA) is 68.5 Å². The van der Waals surface area contributed by atoms with Crippen LogP contribution in [0.3, 0.4) is 0 Å². The van der Waals surface area contributed by atoms with Gasteiger partial charge in [-0.2, -0.15) is 0 Å². The highest BCUT2D eigenvalue weighted by molar-refractivity contribution is 5.94. The molecular formula is C18H21N3O2. The smallest absolute Gasteiger partial charge is 0.254 e. The minimum Gasteiger partial charge on any atom is -0.456 e. The molecule has 1 aliphatic rings. The van der Waals surface area contributed by atoms with Crippen molar-refractivity contribution in [3.63, 3.8) is 0 Å². The Balaban J connectivity index is 1.68. The number of nitrogens with zero attached hydrogens (tertiary/aromatic N) is 2. The summed E-state index contributed by atoms with van der Waals surface area (Å²) < 4.78 is 5.69. The molecular weight excluding hydrogens is 290 g/mol. The number of likely N-dealkylation sites (tertiary alicyclic amines) is 1. The molecule has 0 bridgehead atoms. The highest BCUT2D eigenvalue weighted by Gasteiger charge is 2.27. The van der Waals surface area contributed by atoms with Gasteiger partial charge in [0, 0.05) is 30.4 Å². The highest BCUT2D eigenvalue weighted by Crippen LogP contribution is 2.23. The summed E-state index contributed by atoms with van der Waals surface area (Å²) in [7, 11) is 0. The van der Waals surface area contributed by atoms with Gasteiger partial charge in [-0.05, 0) is 56.2 Å². The standard InChI is InChI=1S/C18H21N3O2/c1-13-11-15(19)8-10-21(13)18(22)14-4-6-16(7-5-14)23-17-3-2-9-20-12-17/h2-7,9,12-13,15H,8,10-11,19H2,1H3. The maximum absolute atomic E-state index is 12.6. The number of hydrogen-bond donors (Lipinski definition) is 1. The molecule has 0 radical (unpaired) electrons. The van der Waals surface area contributed by atoms with E-state index in [1.807, 2.05) is 17.0 Å². The van der Waals surface area contributed by atoms with Gasteiger partial charge in [-0.15, -0.1) is 0 Å². The number of carbonyl (C=O) groups is 1. The molecule has 5 nitrogen and oxygen atoms in total. The molecule has 2 aromatic rings. The van der Waals surface area contributed by atoms with Crippen LogP contribution in [0.5, 0.6) is 11.5 Å². The first-order valence-electron chi connectivity index (χ1n) is 7.88. The summed E-state index contributed by atoms with van der Waals surface area (Å²) in [5.74, 6) is 1.41. The number of carbonyl (C=O) groups excluding carboxylic acids is 1. The summed E-state index contributed by atoms with van der Waals surface area (Å²) in [6.07, 6.45) is 5.06. The number of rotatable bonds is 3. The van der Waals surface area contributed by atoms with Crippen LogP contribution in [0, 0.1) is 0 Å². The summed E-state index contributed by atoms with van der Waals surface area (Å²) in [6.45, 7) is 2.77. The number of nitrogens with two attached hydrogens (primary N) is 1. The van der Waals surface area contributed by atoms with E-state index in [2.05, 4.69) is 11.9 Å². The van der Waals surface area contributed by atoms with Crippen molar-refractivity contribution in [2.75, 3.05) is 6.54 Å². The normalized spacial score (nSPS) is 21.0. The first-order valence-corrected chi connectivity index (χ1v) is 7.88. The van der Waals surface area contributed by atoms with Crippen LogP contribution in [0.15, 0.2) is 48.8 Å². The number of benzene rings is 1. The van der Waals surface area contributed by atoms with Gasteiger partial charge >= 0.3 is 0 Å². The number of piperidine rings is 1. The number of aromatic nitrogens is 1. The third-order valence-corrected chi connectivity index (χ3v) is 4.15. The quantitative estimate of drug-likeness (QED) is 0.946.